The number of aromatic amines is 2. The number of urea groups is 1. The number of ether oxygens (including phenoxy) is 1. The normalized spacial score (nSPS) is 18.9. The first-order valence-corrected chi connectivity index (χ1v) is 8.47. The third-order valence-electron chi connectivity index (χ3n) is 4.98. The Labute approximate surface area is 176 Å². The number of nitrogens with one attached hydrogen (secondary N) is 4. The van der Waals surface area contributed by atoms with Crippen LogP contribution in [0.5, 0.6) is 5.88 Å². The number of benzene rings is 1. The van der Waals surface area contributed by atoms with Crippen molar-refractivity contribution in [1.29, 1.82) is 0 Å². The Kier molecular flexibility index (Phi) is 4.31. The third kappa shape index (κ3) is 2.57. The van der Waals surface area contributed by atoms with Gasteiger partial charge in [-0.2, -0.15) is 0 Å². The zero-order chi connectivity index (χ0) is 20.3. The highest BCUT2D eigenvalue weighted by Gasteiger charge is 2.64. The number of rotatable bonds is 1. The molecular formula is C18H12BrN5O6. The van der Waals surface area contributed by atoms with E-state index in [1.807, 2.05) is 10.6 Å². The number of hydrogen-bond donors (Lipinski definition) is 4. The van der Waals surface area contributed by atoms with Crippen molar-refractivity contribution in [3.8, 4) is 5.88 Å². The molecule has 0 bridgehead atoms. The summed E-state index contributed by atoms with van der Waals surface area (Å²) in [6.45, 7) is 0. The smallest absolute Gasteiger partial charge is 0.328 e. The van der Waals surface area contributed by atoms with E-state index in [1.54, 1.807) is 30.3 Å². The quantitative estimate of drug-likeness (QED) is 0.356. The Morgan fingerprint density at radius 2 is 1.67 bits per heavy atom. The van der Waals surface area contributed by atoms with E-state index in [0.29, 0.717) is 16.5 Å². The van der Waals surface area contributed by atoms with E-state index in [0.717, 1.165) is 0 Å². The zero-order valence-corrected chi connectivity index (χ0v) is 16.6. The first-order chi connectivity index (χ1) is 13.9. The van der Waals surface area contributed by atoms with Crippen molar-refractivity contribution in [2.24, 2.45) is 0 Å². The van der Waals surface area contributed by atoms with E-state index >= 15 is 0 Å². The Morgan fingerprint density at radius 1 is 0.967 bits per heavy atom. The molecular weight excluding hydrogens is 462 g/mol. The minimum Gasteiger partial charge on any atom is -0.451 e. The van der Waals surface area contributed by atoms with Gasteiger partial charge in [0, 0.05) is 11.6 Å². The molecule has 3 aromatic rings. The Bertz CT molecular complexity index is 1340. The molecule has 2 aliphatic heterocycles. The molecule has 1 aromatic carbocycles. The number of nitrogens with zero attached hydrogens (tertiary/aromatic N) is 1. The molecule has 4 N–H and O–H groups in total. The lowest BCUT2D eigenvalue weighted by Gasteiger charge is -2.33. The van der Waals surface area contributed by atoms with Gasteiger partial charge in [0.2, 0.25) is 5.88 Å². The van der Waals surface area contributed by atoms with Gasteiger partial charge >= 0.3 is 11.7 Å². The second-order valence-electron chi connectivity index (χ2n) is 6.62. The van der Waals surface area contributed by atoms with Gasteiger partial charge in [-0.3, -0.25) is 40.0 Å². The number of imide groups is 2. The average molecular weight is 474 g/mol. The van der Waals surface area contributed by atoms with Crippen LogP contribution < -0.4 is 26.6 Å². The van der Waals surface area contributed by atoms with Crippen molar-refractivity contribution in [3.05, 3.63) is 68.5 Å². The number of pyridine rings is 1. The lowest BCUT2D eigenvalue weighted by molar-refractivity contribution is -0.151. The molecule has 0 radical (unpaired) electrons. The molecule has 4 amide bonds. The summed E-state index contributed by atoms with van der Waals surface area (Å²) in [5, 5.41) is 4.67. The number of amides is 4. The molecule has 1 saturated heterocycles. The Morgan fingerprint density at radius 3 is 2.40 bits per heavy atom. The predicted molar refractivity (Wildman–Crippen MR) is 107 cm³/mol. The molecule has 0 saturated carbocycles. The number of H-pyrrole nitrogens is 2. The lowest BCUT2D eigenvalue weighted by Crippen LogP contribution is -2.70. The van der Waals surface area contributed by atoms with E-state index in [-0.39, 0.29) is 28.4 Å². The van der Waals surface area contributed by atoms with Crippen LogP contribution in [0.15, 0.2) is 46.1 Å². The second kappa shape index (κ2) is 6.62. The summed E-state index contributed by atoms with van der Waals surface area (Å²) in [6.07, 6.45) is 1.41. The van der Waals surface area contributed by atoms with Crippen molar-refractivity contribution in [2.45, 2.75) is 11.5 Å². The molecule has 11 nitrogen and oxygen atoms in total. The van der Waals surface area contributed by atoms with Gasteiger partial charge < -0.3 is 4.74 Å². The van der Waals surface area contributed by atoms with E-state index < -0.39 is 40.6 Å². The molecule has 5 rings (SSSR count). The zero-order valence-electron chi connectivity index (χ0n) is 14.8. The first kappa shape index (κ1) is 19.5. The van der Waals surface area contributed by atoms with Crippen LogP contribution >= 0.6 is 17.0 Å². The van der Waals surface area contributed by atoms with Gasteiger partial charge in [-0.05, 0) is 17.7 Å². The van der Waals surface area contributed by atoms with Crippen LogP contribution in [0.3, 0.4) is 0 Å². The summed E-state index contributed by atoms with van der Waals surface area (Å²) in [7, 11) is 0. The topological polar surface area (TPSA) is 163 Å². The number of barbiturate groups is 1. The molecule has 1 atom stereocenters. The minimum absolute atomic E-state index is 0. The largest absolute Gasteiger partial charge is 0.451 e. The molecule has 1 fully saturated rings. The summed E-state index contributed by atoms with van der Waals surface area (Å²) < 4.78 is 5.57. The molecule has 1 unspecified atom stereocenters. The van der Waals surface area contributed by atoms with Crippen molar-refractivity contribution < 1.29 is 19.1 Å². The van der Waals surface area contributed by atoms with E-state index in [1.165, 1.54) is 6.20 Å². The minimum atomic E-state index is -2.31. The second-order valence-corrected chi connectivity index (χ2v) is 6.62. The van der Waals surface area contributed by atoms with Crippen molar-refractivity contribution >= 4 is 45.7 Å². The number of carbonyl (C=O) groups is 3. The maximum atomic E-state index is 12.8. The first-order valence-electron chi connectivity index (χ1n) is 8.47. The summed E-state index contributed by atoms with van der Waals surface area (Å²) in [6, 6.07) is 7.78. The molecule has 2 aromatic heterocycles. The van der Waals surface area contributed by atoms with Crippen LogP contribution in [0.2, 0.25) is 0 Å². The van der Waals surface area contributed by atoms with Crippen LogP contribution in [0.1, 0.15) is 17.0 Å². The van der Waals surface area contributed by atoms with Gasteiger partial charge in [-0.25, -0.2) is 9.59 Å². The van der Waals surface area contributed by atoms with Gasteiger partial charge in [0.1, 0.15) is 0 Å². The molecule has 2 aliphatic rings. The summed E-state index contributed by atoms with van der Waals surface area (Å²) in [4.78, 5) is 70.1. The van der Waals surface area contributed by atoms with E-state index in [2.05, 4.69) is 15.0 Å². The Hall–Kier alpha value is -3.80. The highest BCUT2D eigenvalue weighted by atomic mass is 79.9. The number of aromatic nitrogens is 3. The summed E-state index contributed by atoms with van der Waals surface area (Å²) >= 11 is 0. The highest BCUT2D eigenvalue weighted by molar-refractivity contribution is 8.93. The Balaban J connectivity index is 0.00000218. The van der Waals surface area contributed by atoms with Crippen molar-refractivity contribution in [2.75, 3.05) is 0 Å². The van der Waals surface area contributed by atoms with Gasteiger partial charge in [0.25, 0.3) is 23.0 Å². The fourth-order valence-electron chi connectivity index (χ4n) is 3.77. The van der Waals surface area contributed by atoms with Gasteiger partial charge in [-0.1, -0.05) is 18.2 Å². The van der Waals surface area contributed by atoms with Crippen molar-refractivity contribution in [3.63, 3.8) is 0 Å². The average Bonchev–Trinajstić information content (AvgIpc) is 3.02. The van der Waals surface area contributed by atoms with Gasteiger partial charge in [0.05, 0.1) is 17.0 Å². The molecule has 0 aliphatic carbocycles. The van der Waals surface area contributed by atoms with E-state index in [9.17, 15) is 24.0 Å². The van der Waals surface area contributed by atoms with Crippen LogP contribution in [0.25, 0.3) is 10.9 Å². The van der Waals surface area contributed by atoms with Crippen LogP contribution in [0.4, 0.5) is 4.79 Å². The number of carbonyl (C=O) groups excluding carboxylic acids is 3. The molecule has 152 valence electrons. The fourth-order valence-corrected chi connectivity index (χ4v) is 3.77. The van der Waals surface area contributed by atoms with Gasteiger partial charge in [-0.15, -0.1) is 17.0 Å². The fraction of sp³-hybridized carbons (Fsp3) is 0.111. The molecule has 1 spiro atoms. The van der Waals surface area contributed by atoms with Crippen LogP contribution in [-0.4, -0.2) is 38.4 Å². The summed E-state index contributed by atoms with van der Waals surface area (Å²) in [5.41, 5.74) is -3.14. The standard InChI is InChI=1S/C18H11N5O6.BrH/c24-12-10-11(8-5-7-3-1-2-4-9(7)19-6-8)18(29-13(10)21-16(27)20-12)14(25)22-17(28)23-15(18)26;/h1-6,11H,(H2,20,21,24,27)(H2,22,23,25,26,28);1H. The van der Waals surface area contributed by atoms with Gasteiger partial charge in [0.15, 0.2) is 0 Å². The highest BCUT2D eigenvalue weighted by Crippen LogP contribution is 2.46. The SMILES string of the molecule is Br.O=C1NC(=O)C2(Oc3[nH]c(=O)[nH]c(=O)c3C2c2cnc3ccccc3c2)C(=O)N1. The van der Waals surface area contributed by atoms with Crippen LogP contribution in [0, 0.1) is 0 Å². The maximum absolute atomic E-state index is 12.8. The number of para-hydroxylation sites is 1. The summed E-state index contributed by atoms with van der Waals surface area (Å²) in [5.74, 6) is -3.69. The number of halogens is 1. The molecule has 30 heavy (non-hydrogen) atoms. The third-order valence-corrected chi connectivity index (χ3v) is 4.98. The number of fused-ring (bicyclic) bond motifs is 2. The maximum Gasteiger partial charge on any atom is 0.328 e. The molecule has 4 heterocycles. The van der Waals surface area contributed by atoms with E-state index in [4.69, 9.17) is 4.74 Å². The lowest BCUT2D eigenvalue weighted by atomic mass is 9.78. The molecule has 12 heteroatoms. The van der Waals surface area contributed by atoms with Crippen molar-refractivity contribution in [1.82, 2.24) is 25.6 Å². The predicted octanol–water partition coefficient (Wildman–Crippen LogP) is -0.182. The monoisotopic (exact) mass is 473 g/mol. The van der Waals surface area contributed by atoms with Crippen LogP contribution in [-0.2, 0) is 9.59 Å². The number of hydrogen-bond acceptors (Lipinski definition) is 7.